The molecule has 17 nitrogen and oxygen atoms in total. The summed E-state index contributed by atoms with van der Waals surface area (Å²) in [5, 5.41) is 10.6. The van der Waals surface area contributed by atoms with E-state index in [1.54, 1.807) is 0 Å². The first-order valence-electron chi connectivity index (χ1n) is 36.7. The maximum absolute atomic E-state index is 13.0. The molecule has 6 atom stereocenters. The van der Waals surface area contributed by atoms with Crippen molar-refractivity contribution in [2.45, 2.75) is 356 Å². The van der Waals surface area contributed by atoms with Gasteiger partial charge in [0.15, 0.2) is 12.2 Å². The average molecular weight is 1340 g/mol. The standard InChI is InChI=1S/C72H136O17P2/c1-8-10-11-12-13-14-15-16-17-21-24-27-30-41-48-55-72(77)89-68(60-83-70(75)54-47-40-35-33-38-45-52-65(7)9-2)62-87-91(80,81)85-58-66(73)57-84-90(78,79)86-61-67(59-82-69(74)53-46-39-34-32-37-44-51-64(5)6)88-71(76)56-49-42-31-28-25-22-19-18-20-23-26-29-36-43-50-63(3)4/h14-17,63-68,73H,8-13,18-62H2,1-7H3,(H,78,79)(H,80,81)/b15-14-,17-16-/t65?,66-,67-,68-/m1/s1. The molecule has 3 unspecified atom stereocenters. The van der Waals surface area contributed by atoms with Gasteiger partial charge in [0, 0.05) is 25.7 Å². The summed E-state index contributed by atoms with van der Waals surface area (Å²) in [6, 6.07) is 0. The third kappa shape index (κ3) is 64.6. The Morgan fingerprint density at radius 2 is 0.648 bits per heavy atom. The third-order valence-corrected chi connectivity index (χ3v) is 18.3. The summed E-state index contributed by atoms with van der Waals surface area (Å²) in [6.45, 7) is 11.7. The van der Waals surface area contributed by atoms with Gasteiger partial charge in [-0.15, -0.1) is 0 Å². The van der Waals surface area contributed by atoms with Crippen molar-refractivity contribution in [2.75, 3.05) is 39.6 Å². The summed E-state index contributed by atoms with van der Waals surface area (Å²) in [5.41, 5.74) is 0. The van der Waals surface area contributed by atoms with Crippen LogP contribution < -0.4 is 0 Å². The number of aliphatic hydroxyl groups is 1. The zero-order chi connectivity index (χ0) is 67.3. The predicted octanol–water partition coefficient (Wildman–Crippen LogP) is 20.2. The summed E-state index contributed by atoms with van der Waals surface area (Å²) in [4.78, 5) is 72.5. The van der Waals surface area contributed by atoms with Crippen molar-refractivity contribution in [3.8, 4) is 0 Å². The summed E-state index contributed by atoms with van der Waals surface area (Å²) in [5.74, 6) is 0.0410. The molecule has 0 fully saturated rings. The van der Waals surface area contributed by atoms with E-state index in [4.69, 9.17) is 37.0 Å². The summed E-state index contributed by atoms with van der Waals surface area (Å²) in [6.07, 6.45) is 49.6. The zero-order valence-corrected chi connectivity index (χ0v) is 60.6. The molecule has 0 saturated heterocycles. The molecule has 19 heteroatoms. The van der Waals surface area contributed by atoms with Gasteiger partial charge in [-0.05, 0) is 69.1 Å². The first-order chi connectivity index (χ1) is 43.8. The molecule has 0 aromatic carbocycles. The highest BCUT2D eigenvalue weighted by atomic mass is 31.2. The highest BCUT2D eigenvalue weighted by Crippen LogP contribution is 2.45. The molecule has 0 spiro atoms. The minimum Gasteiger partial charge on any atom is -0.462 e. The van der Waals surface area contributed by atoms with Gasteiger partial charge in [-0.25, -0.2) is 9.13 Å². The van der Waals surface area contributed by atoms with Crippen LogP contribution in [0.25, 0.3) is 0 Å². The van der Waals surface area contributed by atoms with Crippen LogP contribution in [0, 0.1) is 17.8 Å². The van der Waals surface area contributed by atoms with Gasteiger partial charge in [0.25, 0.3) is 0 Å². The average Bonchev–Trinajstić information content (AvgIpc) is 3.29. The molecule has 0 aromatic heterocycles. The SMILES string of the molecule is CCCCCC/C=C\C=C/CCCCCCCC(=O)O[C@H](COC(=O)CCCCCCCCC(C)CC)COP(=O)(O)OC[C@H](O)COP(=O)(O)OC[C@@H](COC(=O)CCCCCCCCC(C)C)OC(=O)CCCCCCCCCCCCCCCCC(C)C. The molecule has 0 rings (SSSR count). The topological polar surface area (TPSA) is 237 Å². The van der Waals surface area contributed by atoms with Gasteiger partial charge in [-0.3, -0.25) is 37.3 Å². The van der Waals surface area contributed by atoms with Gasteiger partial charge in [0.1, 0.15) is 19.3 Å². The van der Waals surface area contributed by atoms with E-state index in [-0.39, 0.29) is 25.7 Å². The Kier molecular flexibility index (Phi) is 60.7. The number of phosphoric ester groups is 2. The molecule has 0 heterocycles. The second-order valence-corrected chi connectivity index (χ2v) is 29.4. The van der Waals surface area contributed by atoms with Gasteiger partial charge in [0.2, 0.25) is 0 Å². The van der Waals surface area contributed by atoms with Gasteiger partial charge in [0.05, 0.1) is 26.4 Å². The second-order valence-electron chi connectivity index (χ2n) is 26.5. The molecular weight excluding hydrogens is 1200 g/mol. The number of rotatable bonds is 68. The van der Waals surface area contributed by atoms with Crippen LogP contribution in [0.3, 0.4) is 0 Å². The zero-order valence-electron chi connectivity index (χ0n) is 58.8. The Morgan fingerprint density at radius 1 is 0.363 bits per heavy atom. The van der Waals surface area contributed by atoms with Crippen LogP contribution in [-0.2, 0) is 65.4 Å². The number of hydrogen-bond acceptors (Lipinski definition) is 15. The van der Waals surface area contributed by atoms with Crippen LogP contribution in [0.2, 0.25) is 0 Å². The van der Waals surface area contributed by atoms with E-state index in [9.17, 15) is 43.2 Å². The highest BCUT2D eigenvalue weighted by molar-refractivity contribution is 7.47. The Bertz CT molecular complexity index is 1880. The quantitative estimate of drug-likeness (QED) is 0.0169. The molecule has 0 radical (unpaired) electrons. The van der Waals surface area contributed by atoms with E-state index >= 15 is 0 Å². The number of aliphatic hydroxyl groups excluding tert-OH is 1. The maximum Gasteiger partial charge on any atom is 0.472 e. The van der Waals surface area contributed by atoms with Crippen LogP contribution in [0.15, 0.2) is 24.3 Å². The van der Waals surface area contributed by atoms with Gasteiger partial charge < -0.3 is 33.8 Å². The van der Waals surface area contributed by atoms with Gasteiger partial charge in [-0.2, -0.15) is 0 Å². The van der Waals surface area contributed by atoms with Crippen LogP contribution in [0.4, 0.5) is 0 Å². The monoisotopic (exact) mass is 1330 g/mol. The Hall–Kier alpha value is -2.46. The van der Waals surface area contributed by atoms with Crippen molar-refractivity contribution in [1.82, 2.24) is 0 Å². The van der Waals surface area contributed by atoms with E-state index < -0.39 is 97.5 Å². The fraction of sp³-hybridized carbons (Fsp3) is 0.889. The minimum atomic E-state index is -4.96. The lowest BCUT2D eigenvalue weighted by atomic mass is 10.00. The number of unbranched alkanes of at least 4 members (excludes halogenated alkanes) is 32. The summed E-state index contributed by atoms with van der Waals surface area (Å²) < 4.78 is 68.3. The van der Waals surface area contributed by atoms with E-state index in [0.29, 0.717) is 31.6 Å². The number of allylic oxidation sites excluding steroid dienone is 4. The van der Waals surface area contributed by atoms with E-state index in [2.05, 4.69) is 72.8 Å². The first kappa shape index (κ1) is 88.5. The molecule has 3 N–H and O–H groups in total. The smallest absolute Gasteiger partial charge is 0.462 e. The highest BCUT2D eigenvalue weighted by Gasteiger charge is 2.30. The molecule has 91 heavy (non-hydrogen) atoms. The van der Waals surface area contributed by atoms with Crippen molar-refractivity contribution in [3.63, 3.8) is 0 Å². The fourth-order valence-electron chi connectivity index (χ4n) is 10.3. The number of carbonyl (C=O) groups is 4. The molecule has 0 aliphatic carbocycles. The van der Waals surface area contributed by atoms with Crippen LogP contribution in [0.1, 0.15) is 337 Å². The minimum absolute atomic E-state index is 0.0836. The van der Waals surface area contributed by atoms with E-state index in [1.165, 1.54) is 122 Å². The number of esters is 4. The molecule has 0 aromatic rings. The Balaban J connectivity index is 5.25. The van der Waals surface area contributed by atoms with Crippen LogP contribution >= 0.6 is 15.6 Å². The molecule has 0 saturated carbocycles. The molecule has 0 aliphatic rings. The largest absolute Gasteiger partial charge is 0.472 e. The van der Waals surface area contributed by atoms with E-state index in [0.717, 1.165) is 127 Å². The van der Waals surface area contributed by atoms with Gasteiger partial charge in [-0.1, -0.05) is 285 Å². The molecule has 0 amide bonds. The maximum atomic E-state index is 13.0. The lowest BCUT2D eigenvalue weighted by Gasteiger charge is -2.21. The second kappa shape index (κ2) is 62.4. The van der Waals surface area contributed by atoms with Crippen LogP contribution in [0.5, 0.6) is 0 Å². The predicted molar refractivity (Wildman–Crippen MR) is 367 cm³/mol. The fourth-order valence-corrected chi connectivity index (χ4v) is 11.9. The normalized spacial score (nSPS) is 14.6. The Morgan fingerprint density at radius 3 is 0.978 bits per heavy atom. The number of hydrogen-bond donors (Lipinski definition) is 3. The first-order valence-corrected chi connectivity index (χ1v) is 39.7. The number of carbonyl (C=O) groups excluding carboxylic acids is 4. The molecule has 536 valence electrons. The van der Waals surface area contributed by atoms with Gasteiger partial charge >= 0.3 is 39.5 Å². The van der Waals surface area contributed by atoms with Crippen molar-refractivity contribution in [2.24, 2.45) is 17.8 Å². The molecular formula is C72H136O17P2. The van der Waals surface area contributed by atoms with Crippen molar-refractivity contribution < 1.29 is 80.2 Å². The van der Waals surface area contributed by atoms with Crippen LogP contribution in [-0.4, -0.2) is 96.7 Å². The lowest BCUT2D eigenvalue weighted by Crippen LogP contribution is -2.30. The Labute approximate surface area is 554 Å². The summed E-state index contributed by atoms with van der Waals surface area (Å²) >= 11 is 0. The third-order valence-electron chi connectivity index (χ3n) is 16.4. The number of ether oxygens (including phenoxy) is 4. The van der Waals surface area contributed by atoms with E-state index in [1.807, 2.05) is 0 Å². The summed E-state index contributed by atoms with van der Waals surface area (Å²) in [7, 11) is -9.92. The van der Waals surface area contributed by atoms with Crippen molar-refractivity contribution >= 4 is 39.5 Å². The van der Waals surface area contributed by atoms with Crippen molar-refractivity contribution in [1.29, 1.82) is 0 Å². The molecule has 0 bridgehead atoms. The lowest BCUT2D eigenvalue weighted by molar-refractivity contribution is -0.161. The molecule has 0 aliphatic heterocycles. The van der Waals surface area contributed by atoms with Crippen molar-refractivity contribution in [3.05, 3.63) is 24.3 Å². The number of phosphoric acid groups is 2.